The van der Waals surface area contributed by atoms with Gasteiger partial charge < -0.3 is 14.4 Å². The highest BCUT2D eigenvalue weighted by atomic mass is 16.6. The summed E-state index contributed by atoms with van der Waals surface area (Å²) in [5.41, 5.74) is 0. The average Bonchev–Trinajstić information content (AvgIpc) is 2.42. The van der Waals surface area contributed by atoms with Gasteiger partial charge in [-0.2, -0.15) is 0 Å². The molecule has 21 heavy (non-hydrogen) atoms. The van der Waals surface area contributed by atoms with Crippen molar-refractivity contribution in [3.8, 4) is 0 Å². The molecule has 0 aromatic carbocycles. The first-order valence-electron chi connectivity index (χ1n) is 7.20. The number of carbonyl (C=O) groups excluding carboxylic acids is 3. The zero-order valence-corrected chi connectivity index (χ0v) is 13.1. The number of hydrogen-bond donors (Lipinski definition) is 0. The van der Waals surface area contributed by atoms with E-state index in [-0.39, 0.29) is 19.1 Å². The van der Waals surface area contributed by atoms with E-state index in [0.29, 0.717) is 13.0 Å². The Bertz CT molecular complexity index is 349. The standard InChI is InChI=1S/C15H25NO5/c1-5-8-9-10-11-16(12(4)17)13(14(18)20-6-2)15(19)21-7-3/h5,13H,1,6-11H2,2-4H3. The van der Waals surface area contributed by atoms with Crippen LogP contribution in [0.15, 0.2) is 12.7 Å². The van der Waals surface area contributed by atoms with Crippen molar-refractivity contribution in [2.24, 2.45) is 0 Å². The van der Waals surface area contributed by atoms with Gasteiger partial charge in [0.25, 0.3) is 0 Å². The molecule has 0 aromatic heterocycles. The van der Waals surface area contributed by atoms with Gasteiger partial charge in [0.1, 0.15) is 0 Å². The third-order valence-electron chi connectivity index (χ3n) is 2.79. The van der Waals surface area contributed by atoms with Crippen molar-refractivity contribution in [3.05, 3.63) is 12.7 Å². The van der Waals surface area contributed by atoms with E-state index in [2.05, 4.69) is 6.58 Å². The first-order chi connectivity index (χ1) is 9.99. The number of carbonyl (C=O) groups is 3. The van der Waals surface area contributed by atoms with Crippen LogP contribution in [0.25, 0.3) is 0 Å². The van der Waals surface area contributed by atoms with Crippen LogP contribution in [-0.2, 0) is 23.9 Å². The van der Waals surface area contributed by atoms with Crippen LogP contribution in [0.2, 0.25) is 0 Å². The van der Waals surface area contributed by atoms with E-state index in [1.165, 1.54) is 11.8 Å². The molecule has 0 atom stereocenters. The van der Waals surface area contributed by atoms with Gasteiger partial charge in [-0.1, -0.05) is 6.08 Å². The predicted octanol–water partition coefficient (Wildman–Crippen LogP) is 1.69. The molecule has 0 unspecified atom stereocenters. The summed E-state index contributed by atoms with van der Waals surface area (Å²) in [5.74, 6) is -1.87. The SMILES string of the molecule is C=CCCCCN(C(C)=O)C(C(=O)OCC)C(=O)OCC. The number of hydrogen-bond acceptors (Lipinski definition) is 5. The summed E-state index contributed by atoms with van der Waals surface area (Å²) in [7, 11) is 0. The Labute approximate surface area is 126 Å². The van der Waals surface area contributed by atoms with Crippen molar-refractivity contribution in [1.29, 1.82) is 0 Å². The number of unbranched alkanes of at least 4 members (excludes halogenated alkanes) is 2. The largest absolute Gasteiger partial charge is 0.464 e. The van der Waals surface area contributed by atoms with Crippen molar-refractivity contribution >= 4 is 17.8 Å². The summed E-state index contributed by atoms with van der Waals surface area (Å²) in [5, 5.41) is 0. The molecule has 1 amide bonds. The third-order valence-corrected chi connectivity index (χ3v) is 2.79. The molecule has 0 radical (unpaired) electrons. The second-order valence-electron chi connectivity index (χ2n) is 4.40. The molecule has 0 N–H and O–H groups in total. The molecule has 0 heterocycles. The number of ether oxygens (including phenoxy) is 2. The van der Waals surface area contributed by atoms with Crippen molar-refractivity contribution in [2.45, 2.75) is 46.1 Å². The van der Waals surface area contributed by atoms with Crippen molar-refractivity contribution in [3.63, 3.8) is 0 Å². The Morgan fingerprint density at radius 3 is 2.00 bits per heavy atom. The molecule has 0 spiro atoms. The molecule has 6 nitrogen and oxygen atoms in total. The molecule has 0 saturated heterocycles. The van der Waals surface area contributed by atoms with Gasteiger partial charge in [0.2, 0.25) is 11.9 Å². The summed E-state index contributed by atoms with van der Waals surface area (Å²) < 4.78 is 9.76. The molecule has 120 valence electrons. The van der Waals surface area contributed by atoms with Crippen LogP contribution < -0.4 is 0 Å². The number of amides is 1. The van der Waals surface area contributed by atoms with Gasteiger partial charge in [0.15, 0.2) is 0 Å². The van der Waals surface area contributed by atoms with Crippen molar-refractivity contribution in [2.75, 3.05) is 19.8 Å². The maximum Gasteiger partial charge on any atom is 0.340 e. The maximum atomic E-state index is 12.0. The van der Waals surface area contributed by atoms with Crippen molar-refractivity contribution in [1.82, 2.24) is 4.90 Å². The Morgan fingerprint density at radius 2 is 1.62 bits per heavy atom. The highest BCUT2D eigenvalue weighted by Gasteiger charge is 2.36. The second-order valence-corrected chi connectivity index (χ2v) is 4.40. The third kappa shape index (κ3) is 6.92. The van der Waals surface area contributed by atoms with Gasteiger partial charge in [0, 0.05) is 13.5 Å². The zero-order valence-electron chi connectivity index (χ0n) is 13.1. The molecule has 0 bridgehead atoms. The lowest BCUT2D eigenvalue weighted by Gasteiger charge is -2.27. The fourth-order valence-electron chi connectivity index (χ4n) is 1.83. The molecular weight excluding hydrogens is 274 g/mol. The van der Waals surface area contributed by atoms with Gasteiger partial charge in [-0.25, -0.2) is 9.59 Å². The van der Waals surface area contributed by atoms with Crippen LogP contribution in [0, 0.1) is 0 Å². The Hall–Kier alpha value is -1.85. The van der Waals surface area contributed by atoms with Crippen LogP contribution in [0.4, 0.5) is 0 Å². The van der Waals surface area contributed by atoms with E-state index in [1.807, 2.05) is 0 Å². The number of esters is 2. The normalized spacial score (nSPS) is 10.1. The van der Waals surface area contributed by atoms with Crippen LogP contribution in [0.1, 0.15) is 40.0 Å². The average molecular weight is 299 g/mol. The Morgan fingerprint density at radius 1 is 1.10 bits per heavy atom. The molecule has 0 aliphatic carbocycles. The van der Waals surface area contributed by atoms with Gasteiger partial charge in [-0.05, 0) is 33.1 Å². The minimum absolute atomic E-state index is 0.136. The molecule has 0 aromatic rings. The molecule has 0 aliphatic heterocycles. The highest BCUT2D eigenvalue weighted by molar-refractivity contribution is 6.02. The van der Waals surface area contributed by atoms with E-state index >= 15 is 0 Å². The number of nitrogens with zero attached hydrogens (tertiary/aromatic N) is 1. The van der Waals surface area contributed by atoms with Gasteiger partial charge >= 0.3 is 11.9 Å². The zero-order chi connectivity index (χ0) is 16.3. The molecule has 0 fully saturated rings. The molecule has 0 aliphatic rings. The highest BCUT2D eigenvalue weighted by Crippen LogP contribution is 2.09. The van der Waals surface area contributed by atoms with E-state index in [4.69, 9.17) is 9.47 Å². The van der Waals surface area contributed by atoms with Gasteiger partial charge in [0.05, 0.1) is 13.2 Å². The van der Waals surface area contributed by atoms with Crippen LogP contribution >= 0.6 is 0 Å². The van der Waals surface area contributed by atoms with E-state index < -0.39 is 18.0 Å². The summed E-state index contributed by atoms with van der Waals surface area (Å²) in [6.45, 7) is 8.79. The van der Waals surface area contributed by atoms with Crippen LogP contribution in [0.3, 0.4) is 0 Å². The lowest BCUT2D eigenvalue weighted by molar-refractivity contribution is -0.167. The molecule has 6 heteroatoms. The lowest BCUT2D eigenvalue weighted by atomic mass is 10.2. The van der Waals surface area contributed by atoms with Crippen LogP contribution in [0.5, 0.6) is 0 Å². The fourth-order valence-corrected chi connectivity index (χ4v) is 1.83. The van der Waals surface area contributed by atoms with Crippen LogP contribution in [-0.4, -0.2) is 48.5 Å². The van der Waals surface area contributed by atoms with Gasteiger partial charge in [-0.3, -0.25) is 4.79 Å². The van der Waals surface area contributed by atoms with E-state index in [1.54, 1.807) is 19.9 Å². The fraction of sp³-hybridized carbons (Fsp3) is 0.667. The number of allylic oxidation sites excluding steroid dienone is 1. The summed E-state index contributed by atoms with van der Waals surface area (Å²) in [6, 6.07) is -1.33. The predicted molar refractivity (Wildman–Crippen MR) is 78.5 cm³/mol. The monoisotopic (exact) mass is 299 g/mol. The van der Waals surface area contributed by atoms with E-state index in [9.17, 15) is 14.4 Å². The first-order valence-corrected chi connectivity index (χ1v) is 7.20. The Balaban J connectivity index is 4.99. The summed E-state index contributed by atoms with van der Waals surface area (Å²) in [6.07, 6.45) is 4.09. The quantitative estimate of drug-likeness (QED) is 0.266. The molecular formula is C15H25NO5. The second kappa shape index (κ2) is 10.9. The van der Waals surface area contributed by atoms with Crippen molar-refractivity contribution < 1.29 is 23.9 Å². The summed E-state index contributed by atoms with van der Waals surface area (Å²) >= 11 is 0. The summed E-state index contributed by atoms with van der Waals surface area (Å²) in [4.78, 5) is 36.9. The van der Waals surface area contributed by atoms with Gasteiger partial charge in [-0.15, -0.1) is 6.58 Å². The topological polar surface area (TPSA) is 72.9 Å². The lowest BCUT2D eigenvalue weighted by Crippen LogP contribution is -2.51. The maximum absolute atomic E-state index is 12.0. The molecule has 0 saturated carbocycles. The molecule has 0 rings (SSSR count). The van der Waals surface area contributed by atoms with E-state index in [0.717, 1.165) is 12.8 Å². The Kier molecular flexibility index (Phi) is 9.92. The smallest absolute Gasteiger partial charge is 0.340 e. The minimum Gasteiger partial charge on any atom is -0.464 e. The first kappa shape index (κ1) is 19.1. The number of rotatable bonds is 10. The minimum atomic E-state index is -1.33.